The molecule has 0 radical (unpaired) electrons. The lowest BCUT2D eigenvalue weighted by molar-refractivity contribution is -0.137. The fourth-order valence-corrected chi connectivity index (χ4v) is 7.16. The number of aromatic amines is 1. The SMILES string of the molecule is CS(=O)(=O)N(CCCCc1nc2cc(C(F)(F)F)c(Cl)cc2[nH]1)C[C@@H]1CC[C@H](n2ccc3c(NC4CC4)ncnc32)C1. The summed E-state index contributed by atoms with van der Waals surface area (Å²) >= 11 is 5.82. The van der Waals surface area contributed by atoms with Gasteiger partial charge in [0.25, 0.3) is 0 Å². The predicted molar refractivity (Wildman–Crippen MR) is 156 cm³/mol. The number of hydrogen-bond acceptors (Lipinski definition) is 6. The summed E-state index contributed by atoms with van der Waals surface area (Å²) in [4.78, 5) is 16.3. The van der Waals surface area contributed by atoms with Crippen molar-refractivity contribution >= 4 is 49.5 Å². The van der Waals surface area contributed by atoms with E-state index in [-0.39, 0.29) is 22.5 Å². The zero-order chi connectivity index (χ0) is 29.6. The molecule has 0 aliphatic heterocycles. The Balaban J connectivity index is 1.04. The number of fused-ring (bicyclic) bond motifs is 2. The lowest BCUT2D eigenvalue weighted by Gasteiger charge is -2.23. The van der Waals surface area contributed by atoms with Crippen LogP contribution in [0.5, 0.6) is 0 Å². The summed E-state index contributed by atoms with van der Waals surface area (Å²) in [7, 11) is -3.41. The molecule has 14 heteroatoms. The normalized spacial score (nSPS) is 19.9. The zero-order valence-corrected chi connectivity index (χ0v) is 24.7. The number of unbranched alkanes of at least 4 members (excludes halogenated alkanes) is 1. The molecule has 6 rings (SSSR count). The van der Waals surface area contributed by atoms with Crippen LogP contribution in [0, 0.1) is 5.92 Å². The molecule has 0 amide bonds. The maximum atomic E-state index is 13.2. The molecule has 42 heavy (non-hydrogen) atoms. The predicted octanol–water partition coefficient (Wildman–Crippen LogP) is 6.18. The summed E-state index contributed by atoms with van der Waals surface area (Å²) in [5.41, 5.74) is 0.629. The third kappa shape index (κ3) is 6.37. The molecule has 0 bridgehead atoms. The first kappa shape index (κ1) is 29.2. The van der Waals surface area contributed by atoms with Crippen molar-refractivity contribution in [2.45, 2.75) is 69.6 Å². The Morgan fingerprint density at radius 2 is 1.98 bits per heavy atom. The maximum Gasteiger partial charge on any atom is 0.417 e. The van der Waals surface area contributed by atoms with Crippen molar-refractivity contribution in [2.75, 3.05) is 24.7 Å². The Morgan fingerprint density at radius 3 is 2.71 bits per heavy atom. The average molecular weight is 624 g/mol. The molecule has 3 heterocycles. The van der Waals surface area contributed by atoms with E-state index in [1.54, 1.807) is 10.6 Å². The van der Waals surface area contributed by atoms with Crippen LogP contribution in [0.3, 0.4) is 0 Å². The van der Waals surface area contributed by atoms with Crippen LogP contribution >= 0.6 is 11.6 Å². The van der Waals surface area contributed by atoms with Crippen LogP contribution in [0.2, 0.25) is 5.02 Å². The van der Waals surface area contributed by atoms with Crippen molar-refractivity contribution in [3.8, 4) is 0 Å². The highest BCUT2D eigenvalue weighted by Gasteiger charge is 2.34. The monoisotopic (exact) mass is 623 g/mol. The first-order valence-corrected chi connectivity index (χ1v) is 16.5. The van der Waals surface area contributed by atoms with Crippen LogP contribution in [0.25, 0.3) is 22.1 Å². The molecule has 2 N–H and O–H groups in total. The number of benzene rings is 1. The Morgan fingerprint density at radius 1 is 1.17 bits per heavy atom. The summed E-state index contributed by atoms with van der Waals surface area (Å²) in [6.07, 6.45) is 7.13. The maximum absolute atomic E-state index is 13.2. The van der Waals surface area contributed by atoms with Crippen molar-refractivity contribution in [1.82, 2.24) is 28.8 Å². The largest absolute Gasteiger partial charge is 0.417 e. The third-order valence-corrected chi connectivity index (χ3v) is 9.84. The van der Waals surface area contributed by atoms with E-state index in [1.807, 2.05) is 0 Å². The zero-order valence-electron chi connectivity index (χ0n) is 23.2. The fraction of sp³-hybridized carbons (Fsp3) is 0.536. The molecule has 226 valence electrons. The number of nitrogens with zero attached hydrogens (tertiary/aromatic N) is 5. The van der Waals surface area contributed by atoms with Gasteiger partial charge in [-0.3, -0.25) is 0 Å². The van der Waals surface area contributed by atoms with E-state index in [9.17, 15) is 21.6 Å². The highest BCUT2D eigenvalue weighted by Crippen LogP contribution is 2.39. The molecule has 0 unspecified atom stereocenters. The lowest BCUT2D eigenvalue weighted by atomic mass is 10.1. The summed E-state index contributed by atoms with van der Waals surface area (Å²) in [5, 5.41) is 4.11. The van der Waals surface area contributed by atoms with Crippen LogP contribution in [0.1, 0.15) is 62.4 Å². The average Bonchev–Trinajstić information content (AvgIpc) is 3.28. The van der Waals surface area contributed by atoms with Gasteiger partial charge in [0.2, 0.25) is 10.0 Å². The Labute approximate surface area is 246 Å². The van der Waals surface area contributed by atoms with Gasteiger partial charge in [-0.2, -0.15) is 13.2 Å². The molecular formula is C28H33ClF3N7O2S. The van der Waals surface area contributed by atoms with Crippen molar-refractivity contribution in [3.05, 3.63) is 47.1 Å². The summed E-state index contributed by atoms with van der Waals surface area (Å²) in [6, 6.07) is 4.99. The lowest BCUT2D eigenvalue weighted by Crippen LogP contribution is -2.35. The quantitative estimate of drug-likeness (QED) is 0.193. The minimum Gasteiger partial charge on any atom is -0.367 e. The number of imidazole rings is 1. The van der Waals surface area contributed by atoms with E-state index in [1.165, 1.54) is 12.3 Å². The molecule has 4 aromatic rings. The van der Waals surface area contributed by atoms with E-state index in [0.29, 0.717) is 49.7 Å². The Hall–Kier alpha value is -2.90. The second-order valence-electron chi connectivity index (χ2n) is 11.5. The summed E-state index contributed by atoms with van der Waals surface area (Å²) in [6.45, 7) is 0.835. The molecule has 3 aromatic heterocycles. The molecule has 0 spiro atoms. The van der Waals surface area contributed by atoms with Crippen LogP contribution in [0.4, 0.5) is 19.0 Å². The third-order valence-electron chi connectivity index (χ3n) is 8.26. The number of aryl methyl sites for hydroxylation is 1. The molecule has 2 atom stereocenters. The Kier molecular flexibility index (Phi) is 7.86. The van der Waals surface area contributed by atoms with Gasteiger partial charge in [-0.25, -0.2) is 27.7 Å². The molecule has 9 nitrogen and oxygen atoms in total. The van der Waals surface area contributed by atoms with Crippen LogP contribution in [-0.2, 0) is 22.6 Å². The highest BCUT2D eigenvalue weighted by atomic mass is 35.5. The fourth-order valence-electron chi connectivity index (χ4n) is 5.95. The number of halogens is 4. The highest BCUT2D eigenvalue weighted by molar-refractivity contribution is 7.88. The smallest absolute Gasteiger partial charge is 0.367 e. The number of aromatic nitrogens is 5. The number of anilines is 1. The van der Waals surface area contributed by atoms with Crippen molar-refractivity contribution in [3.63, 3.8) is 0 Å². The van der Waals surface area contributed by atoms with Gasteiger partial charge >= 0.3 is 6.18 Å². The van der Waals surface area contributed by atoms with Crippen LogP contribution < -0.4 is 5.32 Å². The van der Waals surface area contributed by atoms with E-state index in [0.717, 1.165) is 55.0 Å². The molecule has 0 saturated heterocycles. The van der Waals surface area contributed by atoms with E-state index < -0.39 is 21.8 Å². The summed E-state index contributed by atoms with van der Waals surface area (Å²) in [5.74, 6) is 1.65. The van der Waals surface area contributed by atoms with Gasteiger partial charge in [0.1, 0.15) is 23.6 Å². The summed E-state index contributed by atoms with van der Waals surface area (Å²) < 4.78 is 68.6. The van der Waals surface area contributed by atoms with Gasteiger partial charge in [-0.15, -0.1) is 0 Å². The van der Waals surface area contributed by atoms with Gasteiger partial charge in [-0.1, -0.05) is 11.6 Å². The first-order chi connectivity index (χ1) is 20.0. The first-order valence-electron chi connectivity index (χ1n) is 14.2. The molecule has 2 fully saturated rings. The van der Waals surface area contributed by atoms with Crippen molar-refractivity contribution in [1.29, 1.82) is 0 Å². The second-order valence-corrected chi connectivity index (χ2v) is 13.9. The molecule has 2 aliphatic rings. The second kappa shape index (κ2) is 11.3. The molecule has 2 aliphatic carbocycles. The van der Waals surface area contributed by atoms with Gasteiger partial charge in [0.15, 0.2) is 0 Å². The number of hydrogen-bond donors (Lipinski definition) is 2. The van der Waals surface area contributed by atoms with E-state index in [4.69, 9.17) is 11.6 Å². The molecule has 1 aromatic carbocycles. The standard InChI is InChI=1S/C28H33ClF3N7O2S/c1-42(40,41)38(10-3-2-4-25-36-23-13-21(28(30,31)32)22(29)14-24(23)37-25)15-17-5-8-19(12-17)39-11-9-20-26(35-18-6-7-18)33-16-34-27(20)39/h9,11,13-14,16-19H,2-8,10,12,15H2,1H3,(H,36,37)(H,33,34,35)/t17-,19+/m1/s1. The van der Waals surface area contributed by atoms with Gasteiger partial charge in [-0.05, 0) is 69.1 Å². The van der Waals surface area contributed by atoms with Gasteiger partial charge in [0.05, 0.1) is 33.3 Å². The minimum atomic E-state index is -4.56. The topological polar surface area (TPSA) is 109 Å². The molecular weight excluding hydrogens is 591 g/mol. The Bertz CT molecular complexity index is 1700. The van der Waals surface area contributed by atoms with E-state index >= 15 is 0 Å². The number of H-pyrrole nitrogens is 1. The number of alkyl halides is 3. The van der Waals surface area contributed by atoms with Gasteiger partial charge in [0, 0.05) is 37.8 Å². The van der Waals surface area contributed by atoms with Crippen LogP contribution in [0.15, 0.2) is 30.7 Å². The number of sulfonamides is 1. The van der Waals surface area contributed by atoms with E-state index in [2.05, 4.69) is 42.1 Å². The number of rotatable bonds is 11. The van der Waals surface area contributed by atoms with Gasteiger partial charge < -0.3 is 14.9 Å². The minimum absolute atomic E-state index is 0.201. The van der Waals surface area contributed by atoms with Crippen molar-refractivity contribution in [2.24, 2.45) is 5.92 Å². The molecule has 2 saturated carbocycles. The number of nitrogens with one attached hydrogen (secondary N) is 2. The van der Waals surface area contributed by atoms with Crippen LogP contribution in [-0.4, -0.2) is 62.6 Å². The van der Waals surface area contributed by atoms with Crippen molar-refractivity contribution < 1.29 is 21.6 Å².